The van der Waals surface area contributed by atoms with Gasteiger partial charge in [-0.3, -0.25) is 0 Å². The zero-order chi connectivity index (χ0) is 25.4. The maximum atomic E-state index is 12.5. The van der Waals surface area contributed by atoms with Crippen LogP contribution in [0.25, 0.3) is 0 Å². The maximum Gasteiger partial charge on any atom is 0.333 e. The molecule has 0 aromatic heterocycles. The topological polar surface area (TPSA) is 52.6 Å². The number of hydrogen-bond donors (Lipinski definition) is 0. The van der Waals surface area contributed by atoms with E-state index < -0.39 is 11.2 Å². The fourth-order valence-electron chi connectivity index (χ4n) is 7.86. The third-order valence-electron chi connectivity index (χ3n) is 10.6. The van der Waals surface area contributed by atoms with E-state index >= 15 is 0 Å². The van der Waals surface area contributed by atoms with Crippen molar-refractivity contribution in [1.82, 2.24) is 0 Å². The highest BCUT2D eigenvalue weighted by atomic mass is 16.6. The van der Waals surface area contributed by atoms with Crippen molar-refractivity contribution in [3.05, 3.63) is 58.7 Å². The molecular formula is C31H40O4. The van der Waals surface area contributed by atoms with E-state index in [2.05, 4.69) is 52.0 Å². The van der Waals surface area contributed by atoms with Crippen LogP contribution in [0.4, 0.5) is 0 Å². The van der Waals surface area contributed by atoms with Crippen LogP contribution in [-0.2, 0) is 19.1 Å². The molecule has 35 heavy (non-hydrogen) atoms. The first-order chi connectivity index (χ1) is 16.3. The largest absolute Gasteiger partial charge is 0.456 e. The highest BCUT2D eigenvalue weighted by Crippen LogP contribution is 2.68. The van der Waals surface area contributed by atoms with E-state index in [1.54, 1.807) is 6.08 Å². The molecule has 0 unspecified atom stereocenters. The molecule has 5 aliphatic rings. The number of carbonyl (C=O) groups excluding carboxylic acids is 2. The number of ether oxygens (including phenoxy) is 2. The molecule has 3 aliphatic carbocycles. The minimum atomic E-state index is -0.598. The average Bonchev–Trinajstić information content (AvgIpc) is 2.89. The lowest BCUT2D eigenvalue weighted by atomic mass is 9.52. The molecule has 1 saturated carbocycles. The van der Waals surface area contributed by atoms with Crippen molar-refractivity contribution in [2.75, 3.05) is 0 Å². The highest BCUT2D eigenvalue weighted by molar-refractivity contribution is 5.89. The summed E-state index contributed by atoms with van der Waals surface area (Å²) in [4.78, 5) is 24.6. The van der Waals surface area contributed by atoms with Gasteiger partial charge in [-0.15, -0.1) is 0 Å². The Morgan fingerprint density at radius 1 is 1.00 bits per heavy atom. The standard InChI is InChI=1S/C31H40O4/c1-19-12-17-31(7,35-27(19)33)20(2)23-14-16-30(6)25-10-9-24-21(8-11-26(32)34-28(24,3)4)18-22(25)13-15-29(23,30)5/h8-12,18,20,23-24H,13-17H2,1-7H3/t20-,23+,24+,29+,30-,31-/m0/s1. The summed E-state index contributed by atoms with van der Waals surface area (Å²) in [6.45, 7) is 15.2. The van der Waals surface area contributed by atoms with Crippen molar-refractivity contribution in [1.29, 1.82) is 0 Å². The van der Waals surface area contributed by atoms with Crippen LogP contribution in [0, 0.1) is 28.6 Å². The molecule has 4 heteroatoms. The quantitative estimate of drug-likeness (QED) is 0.412. The van der Waals surface area contributed by atoms with E-state index in [0.717, 1.165) is 43.3 Å². The lowest BCUT2D eigenvalue weighted by Crippen LogP contribution is -2.50. The van der Waals surface area contributed by atoms with Crippen molar-refractivity contribution in [3.63, 3.8) is 0 Å². The van der Waals surface area contributed by atoms with Gasteiger partial charge in [0.25, 0.3) is 0 Å². The molecule has 0 amide bonds. The van der Waals surface area contributed by atoms with E-state index in [0.29, 0.717) is 5.92 Å². The lowest BCUT2D eigenvalue weighted by molar-refractivity contribution is -0.165. The summed E-state index contributed by atoms with van der Waals surface area (Å²) in [6, 6.07) is 0. The molecule has 4 nitrogen and oxygen atoms in total. The van der Waals surface area contributed by atoms with E-state index in [9.17, 15) is 9.59 Å². The van der Waals surface area contributed by atoms with Crippen LogP contribution in [0.1, 0.15) is 80.6 Å². The Balaban J connectivity index is 1.52. The Kier molecular flexibility index (Phi) is 5.44. The summed E-state index contributed by atoms with van der Waals surface area (Å²) in [5, 5.41) is 0. The zero-order valence-corrected chi connectivity index (χ0v) is 22.4. The zero-order valence-electron chi connectivity index (χ0n) is 22.4. The molecule has 0 saturated heterocycles. The van der Waals surface area contributed by atoms with Gasteiger partial charge in [-0.25, -0.2) is 9.59 Å². The summed E-state index contributed by atoms with van der Waals surface area (Å²) in [7, 11) is 0. The van der Waals surface area contributed by atoms with E-state index in [1.807, 2.05) is 26.8 Å². The molecule has 0 radical (unpaired) electrons. The highest BCUT2D eigenvalue weighted by Gasteiger charge is 2.61. The monoisotopic (exact) mass is 476 g/mol. The van der Waals surface area contributed by atoms with E-state index in [-0.39, 0.29) is 34.6 Å². The smallest absolute Gasteiger partial charge is 0.333 e. The number of fused-ring (bicyclic) bond motifs is 3. The number of hydrogen-bond acceptors (Lipinski definition) is 4. The molecule has 0 bridgehead atoms. The maximum absolute atomic E-state index is 12.5. The van der Waals surface area contributed by atoms with Crippen molar-refractivity contribution in [3.8, 4) is 0 Å². The predicted octanol–water partition coefficient (Wildman–Crippen LogP) is 6.79. The Morgan fingerprint density at radius 2 is 1.74 bits per heavy atom. The summed E-state index contributed by atoms with van der Waals surface area (Å²) in [5.74, 6) is 0.323. The van der Waals surface area contributed by atoms with Gasteiger partial charge >= 0.3 is 11.9 Å². The molecule has 1 fully saturated rings. The predicted molar refractivity (Wildman–Crippen MR) is 137 cm³/mol. The summed E-state index contributed by atoms with van der Waals surface area (Å²) >= 11 is 0. The summed E-state index contributed by atoms with van der Waals surface area (Å²) in [5.41, 5.74) is 3.82. The molecule has 0 aromatic carbocycles. The Hall–Kier alpha value is -2.36. The van der Waals surface area contributed by atoms with Gasteiger partial charge in [-0.1, -0.05) is 51.2 Å². The van der Waals surface area contributed by atoms with Crippen LogP contribution in [0.3, 0.4) is 0 Å². The van der Waals surface area contributed by atoms with Gasteiger partial charge in [-0.2, -0.15) is 0 Å². The van der Waals surface area contributed by atoms with Crippen LogP contribution in [0.5, 0.6) is 0 Å². The van der Waals surface area contributed by atoms with Crippen molar-refractivity contribution < 1.29 is 19.1 Å². The van der Waals surface area contributed by atoms with Crippen molar-refractivity contribution in [2.45, 2.75) is 91.8 Å². The van der Waals surface area contributed by atoms with Gasteiger partial charge < -0.3 is 9.47 Å². The van der Waals surface area contributed by atoms with Crippen LogP contribution in [-0.4, -0.2) is 23.1 Å². The van der Waals surface area contributed by atoms with Gasteiger partial charge in [-0.05, 0) is 92.8 Å². The molecule has 5 rings (SSSR count). The third-order valence-corrected chi connectivity index (χ3v) is 10.6. The van der Waals surface area contributed by atoms with Gasteiger partial charge in [0.05, 0.1) is 0 Å². The molecule has 2 aliphatic heterocycles. The number of rotatable bonds is 2. The molecule has 0 N–H and O–H groups in total. The fraction of sp³-hybridized carbons (Fsp3) is 0.613. The van der Waals surface area contributed by atoms with Gasteiger partial charge in [0.15, 0.2) is 0 Å². The van der Waals surface area contributed by atoms with Crippen molar-refractivity contribution in [2.24, 2.45) is 28.6 Å². The van der Waals surface area contributed by atoms with Crippen LogP contribution in [0.2, 0.25) is 0 Å². The van der Waals surface area contributed by atoms with Gasteiger partial charge in [0, 0.05) is 24.0 Å². The first-order valence-electron chi connectivity index (χ1n) is 13.3. The van der Waals surface area contributed by atoms with E-state index in [4.69, 9.17) is 9.47 Å². The summed E-state index contributed by atoms with van der Waals surface area (Å²) < 4.78 is 11.8. The second-order valence-corrected chi connectivity index (χ2v) is 12.8. The summed E-state index contributed by atoms with van der Waals surface area (Å²) in [6.07, 6.45) is 17.7. The normalized spacial score (nSPS) is 40.9. The second kappa shape index (κ2) is 7.82. The van der Waals surface area contributed by atoms with Crippen LogP contribution >= 0.6 is 0 Å². The minimum absolute atomic E-state index is 0.0253. The molecule has 188 valence electrons. The minimum Gasteiger partial charge on any atom is -0.456 e. The van der Waals surface area contributed by atoms with E-state index in [1.165, 1.54) is 11.1 Å². The van der Waals surface area contributed by atoms with Crippen LogP contribution < -0.4 is 0 Å². The molecular weight excluding hydrogens is 436 g/mol. The number of esters is 2. The Labute approximate surface area is 210 Å². The first-order valence-corrected chi connectivity index (χ1v) is 13.3. The molecule has 0 spiro atoms. The fourth-order valence-corrected chi connectivity index (χ4v) is 7.86. The average molecular weight is 477 g/mol. The number of cyclic esters (lactones) is 2. The Bertz CT molecular complexity index is 1130. The van der Waals surface area contributed by atoms with Crippen molar-refractivity contribution >= 4 is 11.9 Å². The van der Waals surface area contributed by atoms with Gasteiger partial charge in [0.2, 0.25) is 0 Å². The number of carbonyl (C=O) groups is 2. The van der Waals surface area contributed by atoms with Crippen LogP contribution in [0.15, 0.2) is 58.7 Å². The lowest BCUT2D eigenvalue weighted by Gasteiger charge is -2.53. The van der Waals surface area contributed by atoms with Gasteiger partial charge in [0.1, 0.15) is 11.2 Å². The molecule has 0 aromatic rings. The number of allylic oxidation sites excluding steroid dienone is 5. The third kappa shape index (κ3) is 3.54. The Morgan fingerprint density at radius 3 is 2.46 bits per heavy atom. The first kappa shape index (κ1) is 24.3. The molecule has 2 heterocycles. The SMILES string of the molecule is CC1=CC[C@@](C)([C@@H](C)[C@H]2CC[C@@]3(C)C4=C(C=C5C=CC(=O)OC(C)(C)[C@@H]5C=C4)CC[C@]23C)OC1=O. The second-order valence-electron chi connectivity index (χ2n) is 12.8. The molecule has 6 atom stereocenters.